The van der Waals surface area contributed by atoms with Crippen molar-refractivity contribution in [3.05, 3.63) is 24.0 Å². The molecule has 0 aliphatic heterocycles. The maximum atomic E-state index is 5.58. The van der Waals surface area contributed by atoms with Gasteiger partial charge in [0.25, 0.3) is 0 Å². The molecule has 1 aliphatic rings. The van der Waals surface area contributed by atoms with Crippen LogP contribution in [-0.2, 0) is 4.74 Å². The summed E-state index contributed by atoms with van der Waals surface area (Å²) in [5.74, 6) is 0.958. The van der Waals surface area contributed by atoms with Crippen LogP contribution in [-0.4, -0.2) is 29.2 Å². The predicted octanol–water partition coefficient (Wildman–Crippen LogP) is 3.24. The van der Waals surface area contributed by atoms with E-state index in [2.05, 4.69) is 33.5 Å². The van der Waals surface area contributed by atoms with Crippen molar-refractivity contribution in [1.82, 2.24) is 9.97 Å². The summed E-state index contributed by atoms with van der Waals surface area (Å²) in [6.07, 6.45) is 5.21. The van der Waals surface area contributed by atoms with Crippen LogP contribution in [0.5, 0.6) is 0 Å². The van der Waals surface area contributed by atoms with Crippen molar-refractivity contribution in [2.45, 2.75) is 44.8 Å². The van der Waals surface area contributed by atoms with Gasteiger partial charge in [0.2, 0.25) is 0 Å². The Balaban J connectivity index is 1.79. The minimum absolute atomic E-state index is 0.327. The number of imidazole rings is 1. The topological polar surface area (TPSA) is 49.9 Å². The second-order valence-electron chi connectivity index (χ2n) is 5.36. The maximum absolute atomic E-state index is 5.58. The van der Waals surface area contributed by atoms with Crippen LogP contribution in [0.1, 0.15) is 31.5 Å². The largest absolute Gasteiger partial charge is 0.380 e. The van der Waals surface area contributed by atoms with Gasteiger partial charge >= 0.3 is 0 Å². The van der Waals surface area contributed by atoms with Crippen molar-refractivity contribution in [2.75, 3.05) is 12.4 Å². The predicted molar refractivity (Wildman–Crippen MR) is 77.5 cm³/mol. The minimum Gasteiger partial charge on any atom is -0.380 e. The van der Waals surface area contributed by atoms with E-state index < -0.39 is 0 Å². The number of benzene rings is 1. The number of aromatic amines is 1. The van der Waals surface area contributed by atoms with Crippen LogP contribution in [0.15, 0.2) is 18.2 Å². The lowest BCUT2D eigenvalue weighted by Crippen LogP contribution is -2.37. The van der Waals surface area contributed by atoms with Crippen LogP contribution in [0.3, 0.4) is 0 Å². The van der Waals surface area contributed by atoms with E-state index in [0.29, 0.717) is 12.1 Å². The van der Waals surface area contributed by atoms with E-state index >= 15 is 0 Å². The van der Waals surface area contributed by atoms with Crippen LogP contribution in [0.4, 0.5) is 5.69 Å². The van der Waals surface area contributed by atoms with Gasteiger partial charge in [0.05, 0.1) is 23.2 Å². The lowest BCUT2D eigenvalue weighted by molar-refractivity contribution is 0.0606. The van der Waals surface area contributed by atoms with E-state index in [1.165, 1.54) is 19.3 Å². The number of ether oxygens (including phenoxy) is 1. The summed E-state index contributed by atoms with van der Waals surface area (Å²) in [6.45, 7) is 1.98. The van der Waals surface area contributed by atoms with Gasteiger partial charge in [-0.1, -0.05) is 12.8 Å². The third-order valence-corrected chi connectivity index (χ3v) is 3.96. The number of H-pyrrole nitrogens is 1. The lowest BCUT2D eigenvalue weighted by atomic mass is 9.92. The number of hydrogen-bond acceptors (Lipinski definition) is 3. The molecule has 2 aromatic rings. The van der Waals surface area contributed by atoms with Gasteiger partial charge in [0, 0.05) is 12.8 Å². The maximum Gasteiger partial charge on any atom is 0.104 e. The quantitative estimate of drug-likeness (QED) is 0.889. The van der Waals surface area contributed by atoms with Crippen LogP contribution in [0, 0.1) is 6.92 Å². The van der Waals surface area contributed by atoms with Crippen molar-refractivity contribution in [3.8, 4) is 0 Å². The van der Waals surface area contributed by atoms with E-state index in [9.17, 15) is 0 Å². The van der Waals surface area contributed by atoms with Gasteiger partial charge in [-0.2, -0.15) is 0 Å². The molecule has 2 N–H and O–H groups in total. The van der Waals surface area contributed by atoms with Crippen LogP contribution < -0.4 is 5.32 Å². The number of methoxy groups -OCH3 is 1. The van der Waals surface area contributed by atoms with E-state index in [-0.39, 0.29) is 0 Å². The van der Waals surface area contributed by atoms with E-state index in [1.807, 2.05) is 14.0 Å². The molecule has 102 valence electrons. The Bertz CT molecular complexity index is 564. The molecule has 3 rings (SSSR count). The number of fused-ring (bicyclic) bond motifs is 1. The van der Waals surface area contributed by atoms with Crippen molar-refractivity contribution < 1.29 is 4.74 Å². The highest BCUT2D eigenvalue weighted by Crippen LogP contribution is 2.25. The summed E-state index contributed by atoms with van der Waals surface area (Å²) in [5.41, 5.74) is 3.26. The van der Waals surface area contributed by atoms with Gasteiger partial charge in [0.15, 0.2) is 0 Å². The molecule has 0 radical (unpaired) electrons. The Labute approximate surface area is 113 Å². The molecule has 0 amide bonds. The molecule has 4 nitrogen and oxygen atoms in total. The van der Waals surface area contributed by atoms with Gasteiger partial charge in [0.1, 0.15) is 5.82 Å². The van der Waals surface area contributed by atoms with Gasteiger partial charge in [-0.3, -0.25) is 0 Å². The summed E-state index contributed by atoms with van der Waals surface area (Å²) >= 11 is 0. The van der Waals surface area contributed by atoms with E-state index in [4.69, 9.17) is 4.74 Å². The highest BCUT2D eigenvalue weighted by molar-refractivity contribution is 5.79. The Morgan fingerprint density at radius 1 is 1.32 bits per heavy atom. The normalized spacial score (nSPS) is 23.7. The molecular weight excluding hydrogens is 238 g/mol. The first kappa shape index (κ1) is 12.5. The number of nitrogens with zero attached hydrogens (tertiary/aromatic N) is 1. The zero-order valence-corrected chi connectivity index (χ0v) is 11.6. The molecule has 4 heteroatoms. The molecule has 19 heavy (non-hydrogen) atoms. The van der Waals surface area contributed by atoms with Gasteiger partial charge in [-0.15, -0.1) is 0 Å². The van der Waals surface area contributed by atoms with Crippen molar-refractivity contribution in [1.29, 1.82) is 0 Å². The summed E-state index contributed by atoms with van der Waals surface area (Å²) in [7, 11) is 1.81. The van der Waals surface area contributed by atoms with Crippen molar-refractivity contribution in [3.63, 3.8) is 0 Å². The molecule has 0 bridgehead atoms. The third-order valence-electron chi connectivity index (χ3n) is 3.96. The molecule has 0 spiro atoms. The lowest BCUT2D eigenvalue weighted by Gasteiger charge is -2.31. The number of rotatable bonds is 3. The summed E-state index contributed by atoms with van der Waals surface area (Å²) in [4.78, 5) is 7.70. The first-order chi connectivity index (χ1) is 9.26. The Morgan fingerprint density at radius 2 is 2.16 bits per heavy atom. The van der Waals surface area contributed by atoms with Gasteiger partial charge < -0.3 is 15.0 Å². The SMILES string of the molecule is COC1CCCCC1Nc1ccc2nc(C)[nH]c2c1. The second kappa shape index (κ2) is 5.21. The van der Waals surface area contributed by atoms with Crippen molar-refractivity contribution >= 4 is 16.7 Å². The molecule has 1 aromatic heterocycles. The van der Waals surface area contributed by atoms with Crippen LogP contribution in [0.25, 0.3) is 11.0 Å². The number of anilines is 1. The molecule has 1 aromatic carbocycles. The average molecular weight is 259 g/mol. The highest BCUT2D eigenvalue weighted by Gasteiger charge is 2.24. The fourth-order valence-electron chi connectivity index (χ4n) is 2.99. The molecule has 1 fully saturated rings. The molecule has 2 unspecified atom stereocenters. The van der Waals surface area contributed by atoms with Crippen molar-refractivity contribution in [2.24, 2.45) is 0 Å². The van der Waals surface area contributed by atoms with Gasteiger partial charge in [-0.25, -0.2) is 4.98 Å². The molecule has 1 saturated carbocycles. The number of nitrogens with one attached hydrogen (secondary N) is 2. The Morgan fingerprint density at radius 3 is 3.00 bits per heavy atom. The second-order valence-corrected chi connectivity index (χ2v) is 5.36. The van der Waals surface area contributed by atoms with E-state index in [1.54, 1.807) is 0 Å². The third kappa shape index (κ3) is 2.59. The summed E-state index contributed by atoms with van der Waals surface area (Å²) < 4.78 is 5.58. The first-order valence-corrected chi connectivity index (χ1v) is 7.02. The van der Waals surface area contributed by atoms with Gasteiger partial charge in [-0.05, 0) is 38.0 Å². The molecule has 0 saturated heterocycles. The number of aromatic nitrogens is 2. The number of hydrogen-bond donors (Lipinski definition) is 2. The summed E-state index contributed by atoms with van der Waals surface area (Å²) in [6, 6.07) is 6.71. The fraction of sp³-hybridized carbons (Fsp3) is 0.533. The van der Waals surface area contributed by atoms with Crippen LogP contribution >= 0.6 is 0 Å². The molecule has 2 atom stereocenters. The molecule has 1 aliphatic carbocycles. The summed E-state index contributed by atoms with van der Waals surface area (Å²) in [5, 5.41) is 3.61. The van der Waals surface area contributed by atoms with Crippen LogP contribution in [0.2, 0.25) is 0 Å². The molecular formula is C15H21N3O. The van der Waals surface area contributed by atoms with E-state index in [0.717, 1.165) is 29.0 Å². The highest BCUT2D eigenvalue weighted by atomic mass is 16.5. The zero-order valence-electron chi connectivity index (χ0n) is 11.6. The Kier molecular flexibility index (Phi) is 3.42. The monoisotopic (exact) mass is 259 g/mol. The standard InChI is InChI=1S/C15H21N3O/c1-10-16-12-8-7-11(9-14(12)17-10)18-13-5-3-4-6-15(13)19-2/h7-9,13,15,18H,3-6H2,1-2H3,(H,16,17). The molecule has 1 heterocycles. The Hall–Kier alpha value is -1.55. The minimum atomic E-state index is 0.327. The number of aryl methyl sites for hydroxylation is 1. The zero-order chi connectivity index (χ0) is 13.2. The fourth-order valence-corrected chi connectivity index (χ4v) is 2.99. The first-order valence-electron chi connectivity index (χ1n) is 7.02. The average Bonchev–Trinajstić information content (AvgIpc) is 2.79. The smallest absolute Gasteiger partial charge is 0.104 e.